The van der Waals surface area contributed by atoms with E-state index in [1.165, 1.54) is 54.3 Å². The molecule has 1 aromatic carbocycles. The van der Waals surface area contributed by atoms with Crippen LogP contribution in [0.15, 0.2) is 58.5 Å². The minimum atomic E-state index is -4.39. The van der Waals surface area contributed by atoms with Gasteiger partial charge in [0.25, 0.3) is 0 Å². The van der Waals surface area contributed by atoms with Crippen LogP contribution in [0.5, 0.6) is 5.88 Å². The Bertz CT molecular complexity index is 1120. The van der Waals surface area contributed by atoms with Gasteiger partial charge in [0.2, 0.25) is 5.88 Å². The number of hydrogen-bond donors (Lipinski definition) is 2. The van der Waals surface area contributed by atoms with E-state index in [0.717, 1.165) is 28.8 Å². The maximum Gasteiger partial charge on any atom is 0.446 e. The number of aromatic nitrogens is 3. The van der Waals surface area contributed by atoms with Gasteiger partial charge in [-0.25, -0.2) is 14.3 Å². The molecule has 0 spiro atoms. The van der Waals surface area contributed by atoms with Gasteiger partial charge in [0, 0.05) is 17.1 Å². The van der Waals surface area contributed by atoms with Gasteiger partial charge in [-0.2, -0.15) is 13.2 Å². The number of halogens is 3. The number of alkyl halides is 3. The predicted molar refractivity (Wildman–Crippen MR) is 117 cm³/mol. The van der Waals surface area contributed by atoms with Crippen molar-refractivity contribution in [3.63, 3.8) is 0 Å². The van der Waals surface area contributed by atoms with Crippen LogP contribution in [0.1, 0.15) is 37.7 Å². The van der Waals surface area contributed by atoms with Crippen LogP contribution < -0.4 is 11.0 Å². The van der Waals surface area contributed by atoms with Crippen LogP contribution >= 0.6 is 11.8 Å². The maximum atomic E-state index is 12.9. The van der Waals surface area contributed by atoms with Crippen LogP contribution in [0, 0.1) is 0 Å². The Morgan fingerprint density at radius 3 is 2.53 bits per heavy atom. The third-order valence-corrected chi connectivity index (χ3v) is 6.14. The minimum Gasteiger partial charge on any atom is -0.493 e. The highest BCUT2D eigenvalue weighted by molar-refractivity contribution is 8.00. The lowest BCUT2D eigenvalue weighted by Crippen LogP contribution is -2.24. The van der Waals surface area contributed by atoms with Crippen LogP contribution in [0.2, 0.25) is 0 Å². The summed E-state index contributed by atoms with van der Waals surface area (Å²) in [5.41, 5.74) is -3.75. The summed E-state index contributed by atoms with van der Waals surface area (Å²) in [6, 6.07) is 9.37. The van der Waals surface area contributed by atoms with Crippen molar-refractivity contribution in [2.45, 2.75) is 55.1 Å². The maximum absolute atomic E-state index is 12.9. The highest BCUT2D eigenvalue weighted by Gasteiger charge is 2.29. The first-order chi connectivity index (χ1) is 15.3. The SMILES string of the molecule is O=c1n(Cc2ccnc(NC3CCCCC3)c2)cc(O)n1-c1ccc(SC(F)(F)F)cc1. The molecule has 1 fully saturated rings. The standard InChI is InChI=1S/C22H23F3N4O2S/c23-22(24,25)32-18-8-6-17(7-9-18)29-20(30)14-28(21(29)31)13-15-10-11-26-19(12-15)27-16-4-2-1-3-5-16/h6-12,14,16,30H,1-5,13H2,(H,26,27). The molecular formula is C22H23F3N4O2S. The molecule has 3 aromatic rings. The van der Waals surface area contributed by atoms with Crippen molar-refractivity contribution in [2.75, 3.05) is 5.32 Å². The van der Waals surface area contributed by atoms with Gasteiger partial charge < -0.3 is 10.4 Å². The number of benzene rings is 1. The monoisotopic (exact) mass is 464 g/mol. The summed E-state index contributed by atoms with van der Waals surface area (Å²) in [7, 11) is 0. The number of rotatable bonds is 6. The smallest absolute Gasteiger partial charge is 0.446 e. The average Bonchev–Trinajstić information content (AvgIpc) is 3.01. The topological polar surface area (TPSA) is 72.1 Å². The third kappa shape index (κ3) is 5.48. The number of aromatic hydroxyl groups is 1. The van der Waals surface area contributed by atoms with Crippen molar-refractivity contribution in [1.82, 2.24) is 14.1 Å². The van der Waals surface area contributed by atoms with Crippen LogP contribution in [-0.4, -0.2) is 30.8 Å². The molecule has 32 heavy (non-hydrogen) atoms. The van der Waals surface area contributed by atoms with E-state index >= 15 is 0 Å². The van der Waals surface area contributed by atoms with E-state index in [4.69, 9.17) is 0 Å². The zero-order chi connectivity index (χ0) is 22.7. The van der Waals surface area contributed by atoms with Crippen molar-refractivity contribution in [1.29, 1.82) is 0 Å². The highest BCUT2D eigenvalue weighted by atomic mass is 32.2. The summed E-state index contributed by atoms with van der Waals surface area (Å²) >= 11 is -0.233. The summed E-state index contributed by atoms with van der Waals surface area (Å²) in [6.07, 6.45) is 8.89. The largest absolute Gasteiger partial charge is 0.493 e. The van der Waals surface area contributed by atoms with Gasteiger partial charge in [-0.15, -0.1) is 0 Å². The van der Waals surface area contributed by atoms with Gasteiger partial charge in [-0.1, -0.05) is 19.3 Å². The Hall–Kier alpha value is -2.88. The van der Waals surface area contributed by atoms with Crippen LogP contribution in [0.25, 0.3) is 5.69 Å². The molecule has 2 heterocycles. The first-order valence-corrected chi connectivity index (χ1v) is 11.2. The van der Waals surface area contributed by atoms with Gasteiger partial charge in [0.05, 0.1) is 18.4 Å². The zero-order valence-electron chi connectivity index (χ0n) is 17.2. The Labute approximate surface area is 187 Å². The molecule has 6 nitrogen and oxygen atoms in total. The quantitative estimate of drug-likeness (QED) is 0.494. The molecule has 10 heteroatoms. The van der Waals surface area contributed by atoms with Gasteiger partial charge in [0.1, 0.15) is 5.82 Å². The van der Waals surface area contributed by atoms with Gasteiger partial charge >= 0.3 is 11.2 Å². The van der Waals surface area contributed by atoms with E-state index < -0.39 is 11.2 Å². The normalized spacial score (nSPS) is 15.1. The van der Waals surface area contributed by atoms with Crippen LogP contribution in [0.3, 0.4) is 0 Å². The molecule has 2 N–H and O–H groups in total. The Balaban J connectivity index is 1.51. The Morgan fingerprint density at radius 1 is 1.12 bits per heavy atom. The van der Waals surface area contributed by atoms with Crippen molar-refractivity contribution in [3.05, 3.63) is 64.8 Å². The van der Waals surface area contributed by atoms with Crippen molar-refractivity contribution in [2.24, 2.45) is 0 Å². The molecule has 0 atom stereocenters. The number of thioether (sulfide) groups is 1. The van der Waals surface area contributed by atoms with Crippen molar-refractivity contribution in [3.8, 4) is 11.6 Å². The molecule has 0 saturated heterocycles. The molecule has 1 saturated carbocycles. The highest BCUT2D eigenvalue weighted by Crippen LogP contribution is 2.37. The van der Waals surface area contributed by atoms with Gasteiger partial charge in [-0.3, -0.25) is 4.57 Å². The Kier molecular flexibility index (Phi) is 6.50. The molecule has 170 valence electrons. The first kappa shape index (κ1) is 22.3. The molecule has 2 aromatic heterocycles. The summed E-state index contributed by atoms with van der Waals surface area (Å²) in [6.45, 7) is 0.225. The summed E-state index contributed by atoms with van der Waals surface area (Å²) in [4.78, 5) is 17.2. The molecule has 0 bridgehead atoms. The number of nitrogens with zero attached hydrogens (tertiary/aromatic N) is 3. The van der Waals surface area contributed by atoms with Gasteiger partial charge in [0.15, 0.2) is 0 Å². The summed E-state index contributed by atoms with van der Waals surface area (Å²) in [5, 5.41) is 13.8. The molecule has 0 aliphatic heterocycles. The molecule has 1 aliphatic carbocycles. The van der Waals surface area contributed by atoms with Crippen molar-refractivity contribution >= 4 is 17.6 Å². The number of anilines is 1. The fraction of sp³-hybridized carbons (Fsp3) is 0.364. The molecule has 4 rings (SSSR count). The lowest BCUT2D eigenvalue weighted by molar-refractivity contribution is -0.0328. The Morgan fingerprint density at radius 2 is 1.84 bits per heavy atom. The first-order valence-electron chi connectivity index (χ1n) is 10.4. The zero-order valence-corrected chi connectivity index (χ0v) is 18.0. The van der Waals surface area contributed by atoms with Crippen molar-refractivity contribution < 1.29 is 18.3 Å². The van der Waals surface area contributed by atoms with E-state index in [9.17, 15) is 23.1 Å². The lowest BCUT2D eigenvalue weighted by Gasteiger charge is -2.23. The number of pyridine rings is 1. The third-order valence-electron chi connectivity index (χ3n) is 5.40. The number of nitrogens with one attached hydrogen (secondary N) is 1. The van der Waals surface area contributed by atoms with E-state index in [2.05, 4.69) is 10.3 Å². The number of hydrogen-bond acceptors (Lipinski definition) is 5. The average molecular weight is 465 g/mol. The molecule has 0 radical (unpaired) electrons. The van der Waals surface area contributed by atoms with E-state index in [1.54, 1.807) is 12.3 Å². The fourth-order valence-electron chi connectivity index (χ4n) is 3.94. The summed E-state index contributed by atoms with van der Waals surface area (Å²) < 4.78 is 40.0. The second-order valence-corrected chi connectivity index (χ2v) is 8.94. The van der Waals surface area contributed by atoms with E-state index in [1.807, 2.05) is 6.07 Å². The predicted octanol–water partition coefficient (Wildman–Crippen LogP) is 5.14. The second-order valence-electron chi connectivity index (χ2n) is 7.80. The molecule has 1 aliphatic rings. The lowest BCUT2D eigenvalue weighted by atomic mass is 9.95. The number of imidazole rings is 1. The van der Waals surface area contributed by atoms with Gasteiger partial charge in [-0.05, 0) is 66.6 Å². The van der Waals surface area contributed by atoms with Crippen LogP contribution in [-0.2, 0) is 6.54 Å². The summed E-state index contributed by atoms with van der Waals surface area (Å²) in [5.74, 6) is 0.463. The van der Waals surface area contributed by atoms with E-state index in [0.29, 0.717) is 6.04 Å². The molecule has 0 unspecified atom stereocenters. The second kappa shape index (κ2) is 9.32. The molecular weight excluding hydrogens is 441 g/mol. The van der Waals surface area contributed by atoms with E-state index in [-0.39, 0.29) is 34.8 Å². The minimum absolute atomic E-state index is 0.00278. The van der Waals surface area contributed by atoms with Crippen LogP contribution in [0.4, 0.5) is 19.0 Å². The fourth-order valence-corrected chi connectivity index (χ4v) is 4.48. The molecule has 0 amide bonds.